The molecule has 3 N–H and O–H groups in total. The third-order valence-electron chi connectivity index (χ3n) is 2.88. The van der Waals surface area contributed by atoms with Gasteiger partial charge >= 0.3 is 0 Å². The maximum Gasteiger partial charge on any atom is 0.273 e. The molecule has 0 saturated carbocycles. The van der Waals surface area contributed by atoms with E-state index >= 15 is 0 Å². The van der Waals surface area contributed by atoms with Crippen molar-refractivity contribution in [1.29, 1.82) is 0 Å². The molecule has 1 aliphatic heterocycles. The van der Waals surface area contributed by atoms with E-state index in [1.165, 1.54) is 18.2 Å². The lowest BCUT2D eigenvalue weighted by Gasteiger charge is -2.18. The van der Waals surface area contributed by atoms with E-state index in [2.05, 4.69) is 10.3 Å². The molecule has 1 atom stereocenters. The Morgan fingerprint density at radius 2 is 2.35 bits per heavy atom. The third kappa shape index (κ3) is 4.19. The molecule has 0 aromatic heterocycles. The molecule has 2 rings (SSSR count). The number of anilines is 1. The van der Waals surface area contributed by atoms with E-state index in [0.717, 1.165) is 11.8 Å². The fourth-order valence-corrected chi connectivity index (χ4v) is 2.74. The van der Waals surface area contributed by atoms with Crippen LogP contribution in [0.4, 0.5) is 11.4 Å². The fourth-order valence-electron chi connectivity index (χ4n) is 1.90. The smallest absolute Gasteiger partial charge is 0.273 e. The van der Waals surface area contributed by atoms with Crippen molar-refractivity contribution in [3.05, 3.63) is 28.3 Å². The molecule has 0 bridgehead atoms. The number of amidine groups is 1. The number of amides is 2. The topological polar surface area (TPSA) is 137 Å². The van der Waals surface area contributed by atoms with E-state index < -0.39 is 22.0 Å². The lowest BCUT2D eigenvalue weighted by molar-refractivity contribution is -0.384. The summed E-state index contributed by atoms with van der Waals surface area (Å²) in [6.07, 6.45) is -0.0614. The van der Waals surface area contributed by atoms with Crippen molar-refractivity contribution in [2.75, 3.05) is 11.9 Å². The average molecular weight is 338 g/mol. The van der Waals surface area contributed by atoms with Gasteiger partial charge < -0.3 is 15.8 Å². The van der Waals surface area contributed by atoms with E-state index in [1.54, 1.807) is 6.92 Å². The van der Waals surface area contributed by atoms with Crippen molar-refractivity contribution in [2.24, 2.45) is 10.7 Å². The van der Waals surface area contributed by atoms with Crippen LogP contribution in [-0.2, 0) is 9.59 Å². The molecular weight excluding hydrogens is 324 g/mol. The Morgan fingerprint density at radius 3 is 2.96 bits per heavy atom. The predicted molar refractivity (Wildman–Crippen MR) is 85.5 cm³/mol. The lowest BCUT2D eigenvalue weighted by atomic mass is 10.2. The number of nitrogens with two attached hydrogens (primary N) is 1. The molecule has 2 amide bonds. The maximum atomic E-state index is 12.2. The van der Waals surface area contributed by atoms with Gasteiger partial charge in [0, 0.05) is 6.07 Å². The summed E-state index contributed by atoms with van der Waals surface area (Å²) < 4.78 is 5.32. The number of aliphatic imine (C=N–C) groups is 1. The van der Waals surface area contributed by atoms with Crippen LogP contribution in [0.3, 0.4) is 0 Å². The fraction of sp³-hybridized carbons (Fsp3) is 0.308. The molecule has 0 unspecified atom stereocenters. The number of thioether (sulfide) groups is 1. The van der Waals surface area contributed by atoms with Crippen molar-refractivity contribution in [1.82, 2.24) is 0 Å². The van der Waals surface area contributed by atoms with Crippen molar-refractivity contribution < 1.29 is 19.2 Å². The number of nitrogens with one attached hydrogen (secondary N) is 1. The number of nitro benzene ring substituents is 1. The first-order valence-corrected chi connectivity index (χ1v) is 7.54. The van der Waals surface area contributed by atoms with Crippen molar-refractivity contribution in [3.8, 4) is 5.75 Å². The van der Waals surface area contributed by atoms with E-state index in [9.17, 15) is 19.7 Å². The van der Waals surface area contributed by atoms with Gasteiger partial charge in [0.1, 0.15) is 11.0 Å². The number of rotatable bonds is 5. The van der Waals surface area contributed by atoms with Crippen LogP contribution in [0.15, 0.2) is 23.2 Å². The zero-order valence-electron chi connectivity index (χ0n) is 12.1. The number of ether oxygens (including phenoxy) is 1. The number of hydrogen-bond acceptors (Lipinski definition) is 7. The molecule has 10 heteroatoms. The minimum absolute atomic E-state index is 0.0372. The lowest BCUT2D eigenvalue weighted by Crippen LogP contribution is -2.33. The maximum absolute atomic E-state index is 12.2. The second-order valence-electron chi connectivity index (χ2n) is 4.51. The number of nitro groups is 1. The van der Waals surface area contributed by atoms with Crippen LogP contribution >= 0.6 is 11.8 Å². The second-order valence-corrected chi connectivity index (χ2v) is 5.74. The second kappa shape index (κ2) is 7.09. The van der Waals surface area contributed by atoms with E-state index in [-0.39, 0.29) is 35.3 Å². The summed E-state index contributed by atoms with van der Waals surface area (Å²) in [7, 11) is 0. The number of hydrogen-bond donors (Lipinski definition) is 2. The Hall–Kier alpha value is -2.62. The molecule has 122 valence electrons. The molecule has 0 spiro atoms. The Kier molecular flexibility index (Phi) is 5.16. The molecule has 1 aromatic carbocycles. The van der Waals surface area contributed by atoms with Crippen LogP contribution in [0.25, 0.3) is 0 Å². The molecular formula is C13H14N4O5S. The number of carbonyl (C=O) groups is 2. The first-order chi connectivity index (χ1) is 10.9. The van der Waals surface area contributed by atoms with Gasteiger partial charge in [0.05, 0.1) is 29.7 Å². The molecule has 0 fully saturated rings. The zero-order chi connectivity index (χ0) is 17.0. The average Bonchev–Trinajstić information content (AvgIpc) is 2.48. The first-order valence-electron chi connectivity index (χ1n) is 6.66. The summed E-state index contributed by atoms with van der Waals surface area (Å²) >= 11 is 0.991. The highest BCUT2D eigenvalue weighted by Gasteiger charge is 2.28. The van der Waals surface area contributed by atoms with Crippen molar-refractivity contribution in [2.45, 2.75) is 18.6 Å². The summed E-state index contributed by atoms with van der Waals surface area (Å²) in [5.41, 5.74) is 5.63. The monoisotopic (exact) mass is 338 g/mol. The Bertz CT molecular complexity index is 691. The molecule has 0 radical (unpaired) electrons. The largest absolute Gasteiger partial charge is 0.491 e. The number of carbonyl (C=O) groups excluding carboxylic acids is 2. The van der Waals surface area contributed by atoms with E-state index in [4.69, 9.17) is 10.5 Å². The number of benzene rings is 1. The summed E-state index contributed by atoms with van der Waals surface area (Å²) in [5.74, 6) is -0.727. The van der Waals surface area contributed by atoms with Gasteiger partial charge in [-0.15, -0.1) is 0 Å². The molecule has 1 aliphatic rings. The van der Waals surface area contributed by atoms with Gasteiger partial charge in [-0.05, 0) is 13.0 Å². The highest BCUT2D eigenvalue weighted by Crippen LogP contribution is 2.31. The summed E-state index contributed by atoms with van der Waals surface area (Å²) in [6, 6.07) is 3.87. The number of nitrogens with zero attached hydrogens (tertiary/aromatic N) is 2. The van der Waals surface area contributed by atoms with Gasteiger partial charge in [-0.2, -0.15) is 4.99 Å². The minimum Gasteiger partial charge on any atom is -0.491 e. The molecule has 0 saturated heterocycles. The summed E-state index contributed by atoms with van der Waals surface area (Å²) in [6.45, 7) is 2.00. The van der Waals surface area contributed by atoms with E-state index in [1.807, 2.05) is 0 Å². The minimum atomic E-state index is -0.704. The van der Waals surface area contributed by atoms with Gasteiger partial charge in [0.15, 0.2) is 5.17 Å². The van der Waals surface area contributed by atoms with Crippen LogP contribution in [0.2, 0.25) is 0 Å². The Morgan fingerprint density at radius 1 is 1.61 bits per heavy atom. The number of non-ortho nitro benzene ring substituents is 1. The van der Waals surface area contributed by atoms with Crippen LogP contribution in [0.1, 0.15) is 13.3 Å². The molecule has 23 heavy (non-hydrogen) atoms. The summed E-state index contributed by atoms with van der Waals surface area (Å²) in [5, 5.41) is 12.7. The van der Waals surface area contributed by atoms with Gasteiger partial charge in [0.25, 0.3) is 5.69 Å². The standard InChI is InChI=1S/C13H14N4O5S/c1-2-22-9-5-7(17(20)21)3-4-8(9)15-12(19)10-6-11(18)16-13(14)23-10/h3-5,10H,2,6H2,1H3,(H,15,19)(H2,14,16,18)/t10-/m1/s1. The molecule has 1 aromatic rings. The van der Waals surface area contributed by atoms with Crippen molar-refractivity contribution in [3.63, 3.8) is 0 Å². The highest BCUT2D eigenvalue weighted by molar-refractivity contribution is 8.15. The Balaban J connectivity index is 2.18. The van der Waals surface area contributed by atoms with Crippen LogP contribution in [-0.4, -0.2) is 33.8 Å². The normalized spacial score (nSPS) is 17.3. The highest BCUT2D eigenvalue weighted by atomic mass is 32.2. The summed E-state index contributed by atoms with van der Waals surface area (Å²) in [4.78, 5) is 37.4. The van der Waals surface area contributed by atoms with Crippen molar-refractivity contribution >= 4 is 40.1 Å². The molecule has 0 aliphatic carbocycles. The predicted octanol–water partition coefficient (Wildman–Crippen LogP) is 1.28. The van der Waals surface area contributed by atoms with Crippen LogP contribution in [0.5, 0.6) is 5.75 Å². The van der Waals surface area contributed by atoms with Gasteiger partial charge in [-0.3, -0.25) is 19.7 Å². The van der Waals surface area contributed by atoms with Gasteiger partial charge in [-0.1, -0.05) is 11.8 Å². The molecule has 1 heterocycles. The quantitative estimate of drug-likeness (QED) is 0.609. The molecule has 9 nitrogen and oxygen atoms in total. The van der Waals surface area contributed by atoms with Gasteiger partial charge in [0.2, 0.25) is 11.8 Å². The van der Waals surface area contributed by atoms with Gasteiger partial charge in [-0.25, -0.2) is 0 Å². The van der Waals surface area contributed by atoms with Crippen LogP contribution < -0.4 is 15.8 Å². The SMILES string of the molecule is CCOc1cc([N+](=O)[O-])ccc1NC(=O)[C@H]1CC(=O)N=C(N)S1. The zero-order valence-corrected chi connectivity index (χ0v) is 13.0. The van der Waals surface area contributed by atoms with E-state index in [0.29, 0.717) is 0 Å². The van der Waals surface area contributed by atoms with Crippen LogP contribution in [0, 0.1) is 10.1 Å². The third-order valence-corrected chi connectivity index (χ3v) is 3.88. The first kappa shape index (κ1) is 16.7. The Labute approximate surface area is 135 Å².